The molecule has 236 valence electrons. The van der Waals surface area contributed by atoms with Crippen LogP contribution < -0.4 is 14.8 Å². The van der Waals surface area contributed by atoms with Gasteiger partial charge >= 0.3 is 5.97 Å². The minimum atomic E-state index is -0.540. The molecule has 5 aliphatic carbocycles. The lowest BCUT2D eigenvalue weighted by atomic mass is 9.32. The predicted molar refractivity (Wildman–Crippen MR) is 170 cm³/mol. The highest BCUT2D eigenvalue weighted by Gasteiger charge is 2.72. The van der Waals surface area contributed by atoms with Crippen molar-refractivity contribution in [3.8, 4) is 11.5 Å². The summed E-state index contributed by atoms with van der Waals surface area (Å²) in [5.74, 6) is 3.64. The van der Waals surface area contributed by atoms with Crippen molar-refractivity contribution in [1.82, 2.24) is 5.32 Å². The van der Waals surface area contributed by atoms with Gasteiger partial charge in [-0.2, -0.15) is 0 Å². The molecule has 1 aliphatic heterocycles. The van der Waals surface area contributed by atoms with Crippen LogP contribution in [0.2, 0.25) is 0 Å². The third-order valence-electron chi connectivity index (χ3n) is 15.5. The van der Waals surface area contributed by atoms with Gasteiger partial charge in [0.15, 0.2) is 11.5 Å². The number of nitrogens with one attached hydrogen (secondary N) is 1. The lowest BCUT2D eigenvalue weighted by molar-refractivity contribution is -0.240. The molecule has 1 aromatic rings. The van der Waals surface area contributed by atoms with Crippen molar-refractivity contribution >= 4 is 5.97 Å². The van der Waals surface area contributed by atoms with Gasteiger partial charge in [0.05, 0.1) is 5.41 Å². The molecular formula is C38H55NO4. The van der Waals surface area contributed by atoms with Gasteiger partial charge in [-0.15, -0.1) is 0 Å². The van der Waals surface area contributed by atoms with Crippen LogP contribution in [0.25, 0.3) is 0 Å². The summed E-state index contributed by atoms with van der Waals surface area (Å²) in [5, 5.41) is 14.7. The second-order valence-corrected chi connectivity index (χ2v) is 17.1. The van der Waals surface area contributed by atoms with Crippen molar-refractivity contribution < 1.29 is 19.4 Å². The molecule has 1 heterocycles. The molecule has 0 bridgehead atoms. The Labute approximate surface area is 259 Å². The number of hydrogen-bond acceptors (Lipinski definition) is 4. The third-order valence-corrected chi connectivity index (χ3v) is 15.5. The fraction of sp³-hybridized carbons (Fsp3) is 0.763. The molecule has 10 atom stereocenters. The van der Waals surface area contributed by atoms with E-state index in [1.165, 1.54) is 49.7 Å². The zero-order valence-electron chi connectivity index (χ0n) is 27.6. The Kier molecular flexibility index (Phi) is 6.73. The topological polar surface area (TPSA) is 67.8 Å². The van der Waals surface area contributed by atoms with E-state index in [1.54, 1.807) is 0 Å². The van der Waals surface area contributed by atoms with Gasteiger partial charge in [0.2, 0.25) is 6.79 Å². The summed E-state index contributed by atoms with van der Waals surface area (Å²) in [6.45, 7) is 20.7. The summed E-state index contributed by atoms with van der Waals surface area (Å²) in [6, 6.07) is 6.81. The quantitative estimate of drug-likeness (QED) is 0.337. The first-order chi connectivity index (χ1) is 20.3. The van der Waals surface area contributed by atoms with Crippen molar-refractivity contribution in [3.63, 3.8) is 0 Å². The number of rotatable bonds is 5. The third kappa shape index (κ3) is 3.94. The summed E-state index contributed by atoms with van der Waals surface area (Å²) in [5.41, 5.74) is 2.87. The van der Waals surface area contributed by atoms with E-state index in [1.807, 2.05) is 6.07 Å². The van der Waals surface area contributed by atoms with Crippen LogP contribution in [0.3, 0.4) is 0 Å². The number of carboxylic acid groups (broad SMARTS) is 1. The lowest BCUT2D eigenvalue weighted by Gasteiger charge is -2.73. The van der Waals surface area contributed by atoms with Crippen LogP contribution >= 0.6 is 0 Å². The second kappa shape index (κ2) is 9.74. The molecule has 1 aromatic carbocycles. The normalized spacial score (nSPS) is 45.8. The first kappa shape index (κ1) is 29.7. The van der Waals surface area contributed by atoms with Gasteiger partial charge in [0.25, 0.3) is 0 Å². The zero-order valence-corrected chi connectivity index (χ0v) is 27.6. The van der Waals surface area contributed by atoms with Gasteiger partial charge in [-0.05, 0) is 140 Å². The Balaban J connectivity index is 1.14. The summed E-state index contributed by atoms with van der Waals surface area (Å²) >= 11 is 0. The molecule has 0 spiro atoms. The summed E-state index contributed by atoms with van der Waals surface area (Å²) < 4.78 is 11.2. The van der Waals surface area contributed by atoms with Crippen LogP contribution in [-0.2, 0) is 11.3 Å². The number of fused-ring (bicyclic) bond motifs is 8. The fourth-order valence-corrected chi connectivity index (χ4v) is 13.2. The Bertz CT molecular complexity index is 1320. The standard InChI is InChI=1S/C38H55NO4/c1-23(2)25-12-17-38(33(40)41)19-18-36(6)26(32(25)38)9-11-30-35(5)15-14-31(34(3,4)29(35)13-16-37(30,36)7)39-21-24-8-10-27-28(20-24)43-22-42-27/h8,10,20,25-26,29-32,39H,1,9,11-19,21-22H2,2-7H3,(H,40,41)/t25-,26+,29-,30+,31-,32+,35-,36+,37+,38-/m0/s1. The number of ether oxygens (including phenoxy) is 2. The Morgan fingerprint density at radius 1 is 0.907 bits per heavy atom. The molecule has 6 aliphatic rings. The average molecular weight is 590 g/mol. The van der Waals surface area contributed by atoms with Crippen LogP contribution in [0.5, 0.6) is 11.5 Å². The van der Waals surface area contributed by atoms with Gasteiger partial charge < -0.3 is 19.9 Å². The maximum Gasteiger partial charge on any atom is 0.309 e. The number of carboxylic acids is 1. The maximum absolute atomic E-state index is 13.0. The average Bonchev–Trinajstić information content (AvgIpc) is 3.58. The van der Waals surface area contributed by atoms with Gasteiger partial charge in [-0.25, -0.2) is 0 Å². The Hall–Kier alpha value is -2.01. The molecule has 5 fully saturated rings. The molecule has 5 nitrogen and oxygen atoms in total. The second-order valence-electron chi connectivity index (χ2n) is 17.1. The number of aliphatic carboxylic acids is 1. The van der Waals surface area contributed by atoms with E-state index < -0.39 is 11.4 Å². The summed E-state index contributed by atoms with van der Waals surface area (Å²) in [4.78, 5) is 13.0. The van der Waals surface area contributed by atoms with Crippen molar-refractivity contribution in [2.45, 2.75) is 118 Å². The number of carbonyl (C=O) groups is 1. The van der Waals surface area contributed by atoms with Crippen molar-refractivity contribution in [1.29, 1.82) is 0 Å². The highest BCUT2D eigenvalue weighted by atomic mass is 16.7. The highest BCUT2D eigenvalue weighted by molar-refractivity contribution is 5.76. The minimum Gasteiger partial charge on any atom is -0.481 e. The molecule has 5 saturated carbocycles. The first-order valence-corrected chi connectivity index (χ1v) is 17.3. The Morgan fingerprint density at radius 3 is 2.42 bits per heavy atom. The van der Waals surface area contributed by atoms with E-state index in [0.29, 0.717) is 41.9 Å². The zero-order chi connectivity index (χ0) is 30.6. The van der Waals surface area contributed by atoms with Crippen molar-refractivity contribution in [3.05, 3.63) is 35.9 Å². The van der Waals surface area contributed by atoms with E-state index in [4.69, 9.17) is 9.47 Å². The van der Waals surface area contributed by atoms with E-state index in [-0.39, 0.29) is 22.2 Å². The summed E-state index contributed by atoms with van der Waals surface area (Å²) in [7, 11) is 0. The van der Waals surface area contributed by atoms with E-state index in [2.05, 4.69) is 65.6 Å². The fourth-order valence-electron chi connectivity index (χ4n) is 13.2. The Morgan fingerprint density at radius 2 is 1.67 bits per heavy atom. The van der Waals surface area contributed by atoms with Crippen molar-refractivity contribution in [2.75, 3.05) is 6.79 Å². The molecule has 2 N–H and O–H groups in total. The molecule has 0 amide bonds. The van der Waals surface area contributed by atoms with Crippen molar-refractivity contribution in [2.24, 2.45) is 56.7 Å². The number of allylic oxidation sites excluding steroid dienone is 1. The number of hydrogen-bond donors (Lipinski definition) is 2. The molecule has 0 radical (unpaired) electrons. The first-order valence-electron chi connectivity index (χ1n) is 17.3. The van der Waals surface area contributed by atoms with Crippen LogP contribution in [-0.4, -0.2) is 23.9 Å². The molecular weight excluding hydrogens is 534 g/mol. The molecule has 7 rings (SSSR count). The monoisotopic (exact) mass is 589 g/mol. The molecule has 0 saturated heterocycles. The molecule has 43 heavy (non-hydrogen) atoms. The number of benzene rings is 1. The van der Waals surface area contributed by atoms with Gasteiger partial charge in [0.1, 0.15) is 0 Å². The maximum atomic E-state index is 13.0. The molecule has 0 unspecified atom stereocenters. The van der Waals surface area contributed by atoms with E-state index in [9.17, 15) is 9.90 Å². The molecule has 5 heteroatoms. The van der Waals surface area contributed by atoms with Gasteiger partial charge in [0, 0.05) is 12.6 Å². The van der Waals surface area contributed by atoms with Gasteiger partial charge in [-0.3, -0.25) is 4.79 Å². The summed E-state index contributed by atoms with van der Waals surface area (Å²) in [6.07, 6.45) is 11.2. The van der Waals surface area contributed by atoms with Crippen LogP contribution in [0.4, 0.5) is 0 Å². The molecule has 0 aromatic heterocycles. The predicted octanol–water partition coefficient (Wildman–Crippen LogP) is 8.62. The van der Waals surface area contributed by atoms with Crippen LogP contribution in [0, 0.1) is 56.7 Å². The largest absolute Gasteiger partial charge is 0.481 e. The van der Waals surface area contributed by atoms with Crippen LogP contribution in [0.1, 0.15) is 111 Å². The van der Waals surface area contributed by atoms with Crippen LogP contribution in [0.15, 0.2) is 30.4 Å². The lowest BCUT2D eigenvalue weighted by Crippen LogP contribution is -2.67. The minimum absolute atomic E-state index is 0.185. The van der Waals surface area contributed by atoms with E-state index in [0.717, 1.165) is 43.7 Å². The van der Waals surface area contributed by atoms with E-state index >= 15 is 0 Å². The smallest absolute Gasteiger partial charge is 0.309 e. The SMILES string of the molecule is C=C(C)[C@@H]1CC[C@]2(C(=O)O)CC[C@]3(C)[C@H](CC[C@@H]4[C@@]5(C)CC[C@H](NCc6ccc7c(c6)OCO7)C(C)(C)[C@@H]5CC[C@]43C)[C@@H]12. The highest BCUT2D eigenvalue weighted by Crippen LogP contribution is 2.77. The van der Waals surface area contributed by atoms with Gasteiger partial charge in [-0.1, -0.05) is 52.8 Å².